The van der Waals surface area contributed by atoms with E-state index in [-0.39, 0.29) is 0 Å². The number of para-hydroxylation sites is 1. The Labute approximate surface area is 203 Å². The van der Waals surface area contributed by atoms with Crippen LogP contribution in [0.25, 0.3) is 22.3 Å². The second-order valence-corrected chi connectivity index (χ2v) is 7.81. The van der Waals surface area contributed by atoms with Gasteiger partial charge >= 0.3 is 0 Å². The van der Waals surface area contributed by atoms with E-state index in [1.165, 1.54) is 0 Å². The number of ether oxygens (including phenoxy) is 3. The minimum atomic E-state index is 0.545. The molecule has 0 spiro atoms. The van der Waals surface area contributed by atoms with Gasteiger partial charge in [-0.3, -0.25) is 0 Å². The van der Waals surface area contributed by atoms with Crippen LogP contribution in [0.5, 0.6) is 23.0 Å². The molecule has 35 heavy (non-hydrogen) atoms. The van der Waals surface area contributed by atoms with Crippen LogP contribution in [-0.2, 0) is 0 Å². The lowest BCUT2D eigenvalue weighted by atomic mass is 10.1. The number of nitrogens with one attached hydrogen (secondary N) is 1. The van der Waals surface area contributed by atoms with Gasteiger partial charge in [0.1, 0.15) is 17.3 Å². The number of hydrogen-bond donors (Lipinski definition) is 2. The number of benzene rings is 4. The number of nitrogens with two attached hydrogens (primary N) is 1. The Balaban J connectivity index is 1.54. The van der Waals surface area contributed by atoms with E-state index in [1.807, 2.05) is 91.0 Å². The van der Waals surface area contributed by atoms with Crippen molar-refractivity contribution in [2.75, 3.05) is 25.3 Å². The maximum atomic E-state index is 6.00. The molecule has 5 rings (SSSR count). The van der Waals surface area contributed by atoms with Crippen LogP contribution in [0.4, 0.5) is 17.2 Å². The van der Waals surface area contributed by atoms with Crippen LogP contribution >= 0.6 is 0 Å². The molecule has 0 fully saturated rings. The molecule has 0 radical (unpaired) electrons. The first-order chi connectivity index (χ1) is 17.1. The van der Waals surface area contributed by atoms with E-state index in [0.717, 1.165) is 28.1 Å². The van der Waals surface area contributed by atoms with Crippen LogP contribution < -0.4 is 25.3 Å². The lowest BCUT2D eigenvalue weighted by Gasteiger charge is -2.14. The average molecular weight is 465 g/mol. The lowest BCUT2D eigenvalue weighted by molar-refractivity contribution is 0.356. The van der Waals surface area contributed by atoms with Gasteiger partial charge in [0, 0.05) is 28.4 Å². The highest BCUT2D eigenvalue weighted by Gasteiger charge is 2.15. The summed E-state index contributed by atoms with van der Waals surface area (Å²) in [5, 5.41) is 4.21. The normalized spacial score (nSPS) is 10.7. The number of fused-ring (bicyclic) bond motifs is 1. The number of aromatic nitrogens is 2. The predicted octanol–water partition coefficient (Wildman–Crippen LogP) is 6.43. The number of methoxy groups -OCH3 is 2. The summed E-state index contributed by atoms with van der Waals surface area (Å²) in [6.07, 6.45) is 0. The van der Waals surface area contributed by atoms with E-state index in [1.54, 1.807) is 14.2 Å². The van der Waals surface area contributed by atoms with Crippen LogP contribution in [-0.4, -0.2) is 24.2 Å². The van der Waals surface area contributed by atoms with Crippen molar-refractivity contribution in [2.24, 2.45) is 0 Å². The number of rotatable bonds is 7. The molecule has 0 bridgehead atoms. The Morgan fingerprint density at radius 1 is 0.714 bits per heavy atom. The summed E-state index contributed by atoms with van der Waals surface area (Å²) < 4.78 is 16.9. The van der Waals surface area contributed by atoms with Crippen LogP contribution in [0, 0.1) is 0 Å². The number of anilines is 3. The van der Waals surface area contributed by atoms with E-state index in [9.17, 15) is 0 Å². The van der Waals surface area contributed by atoms with Gasteiger partial charge in [0.15, 0.2) is 17.3 Å². The average Bonchev–Trinajstić information content (AvgIpc) is 2.89. The van der Waals surface area contributed by atoms with Crippen molar-refractivity contribution in [1.29, 1.82) is 0 Å². The minimum Gasteiger partial charge on any atom is -0.493 e. The van der Waals surface area contributed by atoms with Crippen molar-refractivity contribution < 1.29 is 14.2 Å². The van der Waals surface area contributed by atoms with Crippen LogP contribution in [0.2, 0.25) is 0 Å². The van der Waals surface area contributed by atoms with E-state index >= 15 is 0 Å². The van der Waals surface area contributed by atoms with Crippen molar-refractivity contribution >= 4 is 28.1 Å². The van der Waals surface area contributed by atoms with Gasteiger partial charge in [0.05, 0.1) is 19.7 Å². The second-order valence-electron chi connectivity index (χ2n) is 7.81. The number of nitrogens with zero attached hydrogens (tertiary/aromatic N) is 2. The quantitative estimate of drug-likeness (QED) is 0.268. The molecule has 7 heteroatoms. The standard InChI is InChI=1S/C28H24N4O3/c1-33-25-16-23-24(17-26(25)34-2)31-27(18-7-6-8-19(29)15-18)32-28(23)30-20-11-13-22(14-12-20)35-21-9-4-3-5-10-21/h3-17H,29H2,1-2H3,(H,30,31,32). The zero-order valence-electron chi connectivity index (χ0n) is 19.4. The van der Waals surface area contributed by atoms with Crippen LogP contribution in [0.1, 0.15) is 0 Å². The van der Waals surface area contributed by atoms with Gasteiger partial charge in [-0.1, -0.05) is 30.3 Å². The molecular formula is C28H24N4O3. The van der Waals surface area contributed by atoms with Crippen molar-refractivity contribution in [1.82, 2.24) is 9.97 Å². The van der Waals surface area contributed by atoms with Crippen LogP contribution in [0.3, 0.4) is 0 Å². The Hall–Kier alpha value is -4.78. The van der Waals surface area contributed by atoms with Crippen molar-refractivity contribution in [3.63, 3.8) is 0 Å². The summed E-state index contributed by atoms with van der Waals surface area (Å²) in [5.74, 6) is 3.87. The first-order valence-corrected chi connectivity index (χ1v) is 11.0. The monoisotopic (exact) mass is 464 g/mol. The highest BCUT2D eigenvalue weighted by atomic mass is 16.5. The first-order valence-electron chi connectivity index (χ1n) is 11.0. The predicted molar refractivity (Wildman–Crippen MR) is 139 cm³/mol. The summed E-state index contributed by atoms with van der Waals surface area (Å²) in [6.45, 7) is 0. The van der Waals surface area contributed by atoms with E-state index in [4.69, 9.17) is 29.9 Å². The highest BCUT2D eigenvalue weighted by Crippen LogP contribution is 2.36. The first kappa shape index (κ1) is 22.0. The van der Waals surface area contributed by atoms with Gasteiger partial charge in [-0.2, -0.15) is 0 Å². The second kappa shape index (κ2) is 9.61. The third-order valence-electron chi connectivity index (χ3n) is 5.44. The molecule has 3 N–H and O–H groups in total. The molecule has 0 saturated heterocycles. The topological polar surface area (TPSA) is 91.5 Å². The molecule has 0 aliphatic rings. The Bertz CT molecular complexity index is 1470. The summed E-state index contributed by atoms with van der Waals surface area (Å²) in [7, 11) is 3.20. The summed E-state index contributed by atoms with van der Waals surface area (Å²) in [4.78, 5) is 9.59. The highest BCUT2D eigenvalue weighted by molar-refractivity contribution is 5.94. The van der Waals surface area contributed by atoms with E-state index in [0.29, 0.717) is 34.3 Å². The molecule has 4 aromatic carbocycles. The molecule has 0 saturated carbocycles. The van der Waals surface area contributed by atoms with Crippen molar-refractivity contribution in [2.45, 2.75) is 0 Å². The van der Waals surface area contributed by atoms with Gasteiger partial charge in [-0.25, -0.2) is 9.97 Å². The van der Waals surface area contributed by atoms with Gasteiger partial charge in [-0.15, -0.1) is 0 Å². The fourth-order valence-corrected chi connectivity index (χ4v) is 3.73. The minimum absolute atomic E-state index is 0.545. The van der Waals surface area contributed by atoms with Crippen molar-refractivity contribution in [3.8, 4) is 34.4 Å². The molecule has 0 unspecified atom stereocenters. The maximum absolute atomic E-state index is 6.00. The largest absolute Gasteiger partial charge is 0.493 e. The Morgan fingerprint density at radius 3 is 2.14 bits per heavy atom. The molecule has 0 aliphatic heterocycles. The molecular weight excluding hydrogens is 440 g/mol. The van der Waals surface area contributed by atoms with Gasteiger partial charge in [0.25, 0.3) is 0 Å². The van der Waals surface area contributed by atoms with E-state index < -0.39 is 0 Å². The zero-order valence-corrected chi connectivity index (χ0v) is 19.4. The fraction of sp³-hybridized carbons (Fsp3) is 0.0714. The molecule has 1 heterocycles. The summed E-state index contributed by atoms with van der Waals surface area (Å²) in [6, 6.07) is 28.5. The maximum Gasteiger partial charge on any atom is 0.162 e. The molecule has 0 aliphatic carbocycles. The fourth-order valence-electron chi connectivity index (χ4n) is 3.73. The Morgan fingerprint density at radius 2 is 1.43 bits per heavy atom. The van der Waals surface area contributed by atoms with Crippen LogP contribution in [0.15, 0.2) is 91.0 Å². The molecule has 7 nitrogen and oxygen atoms in total. The molecule has 5 aromatic rings. The van der Waals surface area contributed by atoms with Crippen molar-refractivity contribution in [3.05, 3.63) is 91.0 Å². The molecule has 0 amide bonds. The Kier molecular flexibility index (Phi) is 6.05. The third-order valence-corrected chi connectivity index (χ3v) is 5.44. The molecule has 1 aromatic heterocycles. The summed E-state index contributed by atoms with van der Waals surface area (Å²) in [5.41, 5.74) is 9.02. The number of nitrogen functional groups attached to an aromatic ring is 1. The SMILES string of the molecule is COc1cc2nc(-c3cccc(N)c3)nc(Nc3ccc(Oc4ccccc4)cc3)c2cc1OC. The smallest absolute Gasteiger partial charge is 0.162 e. The molecule has 174 valence electrons. The molecule has 0 atom stereocenters. The van der Waals surface area contributed by atoms with E-state index in [2.05, 4.69) is 5.32 Å². The van der Waals surface area contributed by atoms with Gasteiger partial charge < -0.3 is 25.3 Å². The zero-order chi connectivity index (χ0) is 24.2. The van der Waals surface area contributed by atoms with Gasteiger partial charge in [-0.05, 0) is 54.6 Å². The third kappa shape index (κ3) is 4.79. The lowest BCUT2D eigenvalue weighted by Crippen LogP contribution is -2.01. The number of hydrogen-bond acceptors (Lipinski definition) is 7. The van der Waals surface area contributed by atoms with Gasteiger partial charge in [0.2, 0.25) is 0 Å². The summed E-state index contributed by atoms with van der Waals surface area (Å²) >= 11 is 0.